The molecule has 1 aromatic heterocycles. The fraction of sp³-hybridized carbons (Fsp3) is 0.133. The molecular formula is C15H12N2O3Pd. The minimum absolute atomic E-state index is 0. The summed E-state index contributed by atoms with van der Waals surface area (Å²) < 4.78 is 0. The van der Waals surface area contributed by atoms with Crippen LogP contribution in [0.15, 0.2) is 59.7 Å². The van der Waals surface area contributed by atoms with Gasteiger partial charge in [0.05, 0.1) is 17.7 Å². The van der Waals surface area contributed by atoms with E-state index >= 15 is 0 Å². The van der Waals surface area contributed by atoms with E-state index in [0.717, 1.165) is 5.56 Å². The number of nitrogens with zero attached hydrogens (tertiary/aromatic N) is 2. The van der Waals surface area contributed by atoms with E-state index in [-0.39, 0.29) is 32.5 Å². The molecule has 0 aliphatic heterocycles. The van der Waals surface area contributed by atoms with Gasteiger partial charge in [-0.2, -0.15) is 0 Å². The van der Waals surface area contributed by atoms with E-state index in [4.69, 9.17) is 0 Å². The molecule has 0 spiro atoms. The van der Waals surface area contributed by atoms with Gasteiger partial charge in [0.25, 0.3) is 0 Å². The van der Waals surface area contributed by atoms with Crippen molar-refractivity contribution in [2.24, 2.45) is 4.99 Å². The molecule has 0 saturated carbocycles. The summed E-state index contributed by atoms with van der Waals surface area (Å²) in [6.07, 6.45) is 1.57. The maximum absolute atomic E-state index is 11.8. The van der Waals surface area contributed by atoms with Gasteiger partial charge in [-0.05, 0) is 17.7 Å². The van der Waals surface area contributed by atoms with Crippen molar-refractivity contribution in [3.05, 3.63) is 66.0 Å². The number of carboxylic acid groups (broad SMARTS) is 1. The molecule has 1 atom stereocenters. The number of carboxylic acids is 1. The summed E-state index contributed by atoms with van der Waals surface area (Å²) in [5.41, 5.74) is 0.895. The number of rotatable bonds is 5. The second-order valence-corrected chi connectivity index (χ2v) is 4.17. The number of aliphatic carboxylic acids is 1. The number of aromatic nitrogens is 1. The maximum Gasteiger partial charge on any atom is 2.00 e. The van der Waals surface area contributed by atoms with E-state index in [0.29, 0.717) is 0 Å². The van der Waals surface area contributed by atoms with E-state index < -0.39 is 17.9 Å². The number of pyridine rings is 1. The summed E-state index contributed by atoms with van der Waals surface area (Å²) in [6, 6.07) is 12.5. The van der Waals surface area contributed by atoms with Gasteiger partial charge >= 0.3 is 20.4 Å². The van der Waals surface area contributed by atoms with Crippen LogP contribution in [0.25, 0.3) is 0 Å². The van der Waals surface area contributed by atoms with E-state index in [1.54, 1.807) is 36.4 Å². The molecule has 0 aliphatic rings. The number of aliphatic imine (C=N–C) groups is 1. The monoisotopic (exact) mass is 374 g/mol. The van der Waals surface area contributed by atoms with Gasteiger partial charge in [0.2, 0.25) is 0 Å². The Morgan fingerprint density at radius 1 is 1.10 bits per heavy atom. The van der Waals surface area contributed by atoms with Crippen LogP contribution in [0.3, 0.4) is 0 Å². The SMILES string of the molecule is O=C([O-])[C@H](Cc1ccccc1)N=C([O-])c1ccccn1.[Pd+2]. The van der Waals surface area contributed by atoms with Crippen molar-refractivity contribution in [3.63, 3.8) is 0 Å². The molecule has 2 rings (SSSR count). The molecule has 1 aromatic carbocycles. The molecule has 0 bridgehead atoms. The van der Waals surface area contributed by atoms with Crippen molar-refractivity contribution < 1.29 is 35.4 Å². The molecule has 0 aliphatic carbocycles. The van der Waals surface area contributed by atoms with Crippen LogP contribution in [0.4, 0.5) is 0 Å². The Labute approximate surface area is 136 Å². The number of hydrogen-bond donors (Lipinski definition) is 0. The van der Waals surface area contributed by atoms with Gasteiger partial charge in [-0.25, -0.2) is 0 Å². The minimum atomic E-state index is -1.38. The fourth-order valence-corrected chi connectivity index (χ4v) is 1.72. The van der Waals surface area contributed by atoms with E-state index in [9.17, 15) is 15.0 Å². The van der Waals surface area contributed by atoms with Crippen molar-refractivity contribution in [1.82, 2.24) is 4.98 Å². The van der Waals surface area contributed by atoms with Crippen LogP contribution in [0.1, 0.15) is 11.3 Å². The maximum atomic E-state index is 11.8. The number of benzene rings is 1. The summed E-state index contributed by atoms with van der Waals surface area (Å²) in [7, 11) is 0. The van der Waals surface area contributed by atoms with Crippen molar-refractivity contribution in [2.75, 3.05) is 0 Å². The first-order valence-electron chi connectivity index (χ1n) is 6.08. The largest absolute Gasteiger partial charge is 2.00 e. The topological polar surface area (TPSA) is 88.4 Å². The molecule has 0 radical (unpaired) electrons. The van der Waals surface area contributed by atoms with Crippen LogP contribution < -0.4 is 10.2 Å². The Morgan fingerprint density at radius 2 is 1.76 bits per heavy atom. The van der Waals surface area contributed by atoms with Crippen LogP contribution >= 0.6 is 0 Å². The first-order valence-corrected chi connectivity index (χ1v) is 6.08. The van der Waals surface area contributed by atoms with Gasteiger partial charge in [0.15, 0.2) is 0 Å². The van der Waals surface area contributed by atoms with Gasteiger partial charge in [0.1, 0.15) is 0 Å². The molecule has 0 N–H and O–H groups in total. The summed E-state index contributed by atoms with van der Waals surface area (Å²) in [5.74, 6) is -2.03. The molecule has 1 heterocycles. The molecule has 2 aromatic rings. The third kappa shape index (κ3) is 5.10. The number of carbonyl (C=O) groups is 1. The van der Waals surface area contributed by atoms with Crippen molar-refractivity contribution in [1.29, 1.82) is 0 Å². The molecule has 21 heavy (non-hydrogen) atoms. The van der Waals surface area contributed by atoms with Gasteiger partial charge < -0.3 is 15.0 Å². The first-order chi connectivity index (χ1) is 9.66. The molecule has 110 valence electrons. The quantitative estimate of drug-likeness (QED) is 0.403. The Morgan fingerprint density at radius 3 is 2.33 bits per heavy atom. The van der Waals surface area contributed by atoms with E-state index in [1.165, 1.54) is 12.3 Å². The smallest absolute Gasteiger partial charge is 0.857 e. The third-order valence-corrected chi connectivity index (χ3v) is 2.70. The van der Waals surface area contributed by atoms with Gasteiger partial charge in [-0.15, -0.1) is 0 Å². The van der Waals surface area contributed by atoms with E-state index in [1.807, 2.05) is 6.07 Å². The van der Waals surface area contributed by atoms with Crippen molar-refractivity contribution in [3.8, 4) is 0 Å². The summed E-state index contributed by atoms with van der Waals surface area (Å²) in [6.45, 7) is 0. The van der Waals surface area contributed by atoms with Crippen molar-refractivity contribution >= 4 is 11.9 Å². The average Bonchev–Trinajstić information content (AvgIpc) is 2.48. The normalized spacial score (nSPS) is 12.3. The summed E-state index contributed by atoms with van der Waals surface area (Å²) >= 11 is 0. The minimum Gasteiger partial charge on any atom is -0.857 e. The summed E-state index contributed by atoms with van der Waals surface area (Å²) in [5, 5.41) is 22.9. The van der Waals surface area contributed by atoms with Crippen LogP contribution in [0, 0.1) is 0 Å². The Hall–Kier alpha value is -2.03. The molecule has 0 amide bonds. The zero-order valence-corrected chi connectivity index (χ0v) is 12.5. The zero-order chi connectivity index (χ0) is 14.4. The van der Waals surface area contributed by atoms with Crippen LogP contribution in [-0.4, -0.2) is 22.9 Å². The van der Waals surface area contributed by atoms with Crippen LogP contribution in [-0.2, 0) is 31.6 Å². The van der Waals surface area contributed by atoms with Crippen LogP contribution in [0.5, 0.6) is 0 Å². The van der Waals surface area contributed by atoms with Crippen LogP contribution in [0.2, 0.25) is 0 Å². The molecule has 6 heteroatoms. The van der Waals surface area contributed by atoms with E-state index in [2.05, 4.69) is 9.98 Å². The van der Waals surface area contributed by atoms with Crippen molar-refractivity contribution in [2.45, 2.75) is 12.5 Å². The van der Waals surface area contributed by atoms with Gasteiger partial charge in [-0.3, -0.25) is 9.98 Å². The molecule has 0 saturated heterocycles. The average molecular weight is 375 g/mol. The Balaban J connectivity index is 0.00000220. The molecule has 5 nitrogen and oxygen atoms in total. The first kappa shape index (κ1) is 17.0. The second-order valence-electron chi connectivity index (χ2n) is 4.17. The Bertz CT molecular complexity index is 603. The summed E-state index contributed by atoms with van der Waals surface area (Å²) in [4.78, 5) is 18.6. The zero-order valence-electron chi connectivity index (χ0n) is 10.9. The van der Waals surface area contributed by atoms with Gasteiger partial charge in [-0.1, -0.05) is 36.4 Å². The third-order valence-electron chi connectivity index (χ3n) is 2.70. The molecule has 0 unspecified atom stereocenters. The Kier molecular flexibility index (Phi) is 6.73. The fourth-order valence-electron chi connectivity index (χ4n) is 1.72. The van der Waals surface area contributed by atoms with Gasteiger partial charge in [0, 0.05) is 18.5 Å². The predicted molar refractivity (Wildman–Crippen MR) is 69.7 cm³/mol. The molecular weight excluding hydrogens is 363 g/mol. The number of carbonyl (C=O) groups excluding carboxylic acids is 1. The second kappa shape index (κ2) is 8.30. The molecule has 0 fully saturated rings. The predicted octanol–water partition coefficient (Wildman–Crippen LogP) is -0.453. The standard InChI is InChI=1S/C15H14N2O3.Pd/c18-14(12-8-4-5-9-16-12)17-13(15(19)20)10-11-6-2-1-3-7-11;/h1-9,13H,10H2,(H,17,18)(H,19,20);/q;+2/p-2/t13-;/m0./s1. The number of hydrogen-bond acceptors (Lipinski definition) is 5.